The van der Waals surface area contributed by atoms with Crippen molar-refractivity contribution in [2.45, 2.75) is 20.4 Å². The fraction of sp³-hybridized carbons (Fsp3) is 0.375. The summed E-state index contributed by atoms with van der Waals surface area (Å²) in [4.78, 5) is 10.5. The largest absolute Gasteiger partial charge is 0.351 e. The van der Waals surface area contributed by atoms with E-state index in [0.717, 1.165) is 11.4 Å². The Morgan fingerprint density at radius 3 is 2.75 bits per heavy atom. The van der Waals surface area contributed by atoms with E-state index in [4.69, 9.17) is 0 Å². The van der Waals surface area contributed by atoms with Gasteiger partial charge >= 0.3 is 0 Å². The molecule has 64 valence electrons. The third-order valence-corrected chi connectivity index (χ3v) is 1.37. The maximum atomic E-state index is 10.5. The number of rotatable bonds is 2. The van der Waals surface area contributed by atoms with Crippen LogP contribution in [0.5, 0.6) is 0 Å². The molecule has 0 bridgehead atoms. The zero-order valence-electron chi connectivity index (χ0n) is 7.16. The lowest BCUT2D eigenvalue weighted by Crippen LogP contribution is -2.19. The Hall–Kier alpha value is -1.45. The summed E-state index contributed by atoms with van der Waals surface area (Å²) in [6.45, 7) is 3.79. The molecule has 1 N–H and O–H groups in total. The Labute approximate surface area is 71.0 Å². The van der Waals surface area contributed by atoms with Gasteiger partial charge < -0.3 is 5.32 Å². The predicted octanol–water partition coefficient (Wildman–Crippen LogP) is 0.421. The van der Waals surface area contributed by atoms with Gasteiger partial charge in [0.05, 0.1) is 17.9 Å². The highest BCUT2D eigenvalue weighted by Gasteiger charge is 1.95. The van der Waals surface area contributed by atoms with Gasteiger partial charge in [-0.1, -0.05) is 0 Å². The van der Waals surface area contributed by atoms with E-state index in [0.29, 0.717) is 6.54 Å². The average molecular weight is 165 g/mol. The topological polar surface area (TPSA) is 54.9 Å². The highest BCUT2D eigenvalue weighted by molar-refractivity contribution is 5.72. The molecule has 0 aromatic carbocycles. The Morgan fingerprint density at radius 2 is 2.25 bits per heavy atom. The molecule has 0 aliphatic rings. The molecule has 0 aliphatic carbocycles. The molecule has 1 aromatic rings. The highest BCUT2D eigenvalue weighted by atomic mass is 16.1. The van der Waals surface area contributed by atoms with Crippen molar-refractivity contribution in [1.82, 2.24) is 15.5 Å². The summed E-state index contributed by atoms with van der Waals surface area (Å²) in [5.41, 5.74) is 1.65. The second kappa shape index (κ2) is 3.80. The van der Waals surface area contributed by atoms with Crippen molar-refractivity contribution in [3.63, 3.8) is 0 Å². The molecular formula is C8H11N3O. The Balaban J connectivity index is 2.53. The maximum Gasteiger partial charge on any atom is 0.217 e. The van der Waals surface area contributed by atoms with Gasteiger partial charge in [0, 0.05) is 6.92 Å². The minimum absolute atomic E-state index is 0.0580. The van der Waals surface area contributed by atoms with Crippen LogP contribution in [0.2, 0.25) is 0 Å². The van der Waals surface area contributed by atoms with Crippen LogP contribution in [0.3, 0.4) is 0 Å². The van der Waals surface area contributed by atoms with Gasteiger partial charge in [-0.25, -0.2) is 0 Å². The number of carbonyl (C=O) groups is 1. The summed E-state index contributed by atoms with van der Waals surface area (Å²) < 4.78 is 0. The van der Waals surface area contributed by atoms with Crippen LogP contribution < -0.4 is 5.32 Å². The third kappa shape index (κ3) is 2.65. The number of hydrogen-bond acceptors (Lipinski definition) is 3. The van der Waals surface area contributed by atoms with E-state index < -0.39 is 0 Å². The Kier molecular flexibility index (Phi) is 2.74. The number of nitrogens with zero attached hydrogens (tertiary/aromatic N) is 2. The molecule has 12 heavy (non-hydrogen) atoms. The van der Waals surface area contributed by atoms with Gasteiger partial charge in [-0.2, -0.15) is 10.2 Å². The highest BCUT2D eigenvalue weighted by Crippen LogP contribution is 1.93. The van der Waals surface area contributed by atoms with Gasteiger partial charge in [0.2, 0.25) is 5.91 Å². The summed E-state index contributed by atoms with van der Waals surface area (Å²) in [6, 6.07) is 3.71. The molecule has 0 spiro atoms. The Morgan fingerprint density at radius 1 is 1.50 bits per heavy atom. The molecule has 0 saturated heterocycles. The molecule has 0 atom stereocenters. The summed E-state index contributed by atoms with van der Waals surface area (Å²) >= 11 is 0. The zero-order chi connectivity index (χ0) is 8.97. The lowest BCUT2D eigenvalue weighted by Gasteiger charge is -1.99. The molecular weight excluding hydrogens is 154 g/mol. The van der Waals surface area contributed by atoms with Crippen LogP contribution in [0.25, 0.3) is 0 Å². The molecule has 1 aromatic heterocycles. The van der Waals surface area contributed by atoms with Crippen molar-refractivity contribution in [2.75, 3.05) is 0 Å². The van der Waals surface area contributed by atoms with Crippen molar-refractivity contribution < 1.29 is 4.79 Å². The molecule has 0 unspecified atom stereocenters. The second-order valence-electron chi connectivity index (χ2n) is 2.58. The third-order valence-electron chi connectivity index (χ3n) is 1.37. The molecule has 1 heterocycles. The number of amides is 1. The lowest BCUT2D eigenvalue weighted by molar-refractivity contribution is -0.119. The van der Waals surface area contributed by atoms with E-state index in [1.807, 2.05) is 19.1 Å². The summed E-state index contributed by atoms with van der Waals surface area (Å²) in [5.74, 6) is -0.0580. The molecule has 1 rings (SSSR count). The predicted molar refractivity (Wildman–Crippen MR) is 44.3 cm³/mol. The van der Waals surface area contributed by atoms with Crippen molar-refractivity contribution >= 4 is 5.91 Å². The first-order chi connectivity index (χ1) is 5.68. The van der Waals surface area contributed by atoms with Crippen LogP contribution in [0, 0.1) is 6.92 Å². The number of carbonyl (C=O) groups excluding carboxylic acids is 1. The van der Waals surface area contributed by atoms with Crippen LogP contribution in [-0.4, -0.2) is 16.1 Å². The first-order valence-electron chi connectivity index (χ1n) is 3.72. The minimum Gasteiger partial charge on any atom is -0.351 e. The van der Waals surface area contributed by atoms with Crippen molar-refractivity contribution in [1.29, 1.82) is 0 Å². The molecule has 4 heteroatoms. The van der Waals surface area contributed by atoms with Crippen LogP contribution in [0.4, 0.5) is 0 Å². The number of aryl methyl sites for hydroxylation is 1. The molecule has 0 fully saturated rings. The van der Waals surface area contributed by atoms with Gasteiger partial charge in [0.25, 0.3) is 0 Å². The summed E-state index contributed by atoms with van der Waals surface area (Å²) in [7, 11) is 0. The van der Waals surface area contributed by atoms with Crippen molar-refractivity contribution in [3.05, 3.63) is 23.5 Å². The number of aromatic nitrogens is 2. The van der Waals surface area contributed by atoms with Crippen LogP contribution in [-0.2, 0) is 11.3 Å². The van der Waals surface area contributed by atoms with Gasteiger partial charge in [-0.15, -0.1) is 0 Å². The minimum atomic E-state index is -0.0580. The fourth-order valence-corrected chi connectivity index (χ4v) is 0.736. The van der Waals surface area contributed by atoms with E-state index >= 15 is 0 Å². The van der Waals surface area contributed by atoms with E-state index in [1.54, 1.807) is 0 Å². The molecule has 1 amide bonds. The quantitative estimate of drug-likeness (QED) is 0.691. The van der Waals surface area contributed by atoms with Gasteiger partial charge in [-0.3, -0.25) is 4.79 Å². The van der Waals surface area contributed by atoms with Crippen LogP contribution in [0.15, 0.2) is 12.1 Å². The standard InChI is InChI=1S/C8H11N3O/c1-6-3-4-8(11-10-6)5-9-7(2)12/h3-4H,5H2,1-2H3,(H,9,12). The van der Waals surface area contributed by atoms with E-state index in [2.05, 4.69) is 15.5 Å². The maximum absolute atomic E-state index is 10.5. The molecule has 0 saturated carbocycles. The lowest BCUT2D eigenvalue weighted by atomic mass is 10.3. The molecule has 4 nitrogen and oxygen atoms in total. The van der Waals surface area contributed by atoms with Gasteiger partial charge in [0.15, 0.2) is 0 Å². The fourth-order valence-electron chi connectivity index (χ4n) is 0.736. The van der Waals surface area contributed by atoms with E-state index in [9.17, 15) is 4.79 Å². The van der Waals surface area contributed by atoms with Crippen molar-refractivity contribution in [3.8, 4) is 0 Å². The van der Waals surface area contributed by atoms with Crippen LogP contribution >= 0.6 is 0 Å². The Bertz CT molecular complexity index is 268. The van der Waals surface area contributed by atoms with Crippen LogP contribution in [0.1, 0.15) is 18.3 Å². The zero-order valence-corrected chi connectivity index (χ0v) is 7.16. The summed E-state index contributed by atoms with van der Waals surface area (Å²) in [5, 5.41) is 10.4. The normalized spacial score (nSPS) is 9.50. The monoisotopic (exact) mass is 165 g/mol. The first-order valence-corrected chi connectivity index (χ1v) is 3.72. The number of nitrogens with one attached hydrogen (secondary N) is 1. The number of hydrogen-bond donors (Lipinski definition) is 1. The van der Waals surface area contributed by atoms with Gasteiger partial charge in [0.1, 0.15) is 0 Å². The van der Waals surface area contributed by atoms with E-state index in [-0.39, 0.29) is 5.91 Å². The van der Waals surface area contributed by atoms with Crippen molar-refractivity contribution in [2.24, 2.45) is 0 Å². The molecule has 0 radical (unpaired) electrons. The summed E-state index contributed by atoms with van der Waals surface area (Å²) in [6.07, 6.45) is 0. The van der Waals surface area contributed by atoms with E-state index in [1.165, 1.54) is 6.92 Å². The average Bonchev–Trinajstić information content (AvgIpc) is 2.03. The smallest absolute Gasteiger partial charge is 0.217 e. The second-order valence-corrected chi connectivity index (χ2v) is 2.58. The van der Waals surface area contributed by atoms with Gasteiger partial charge in [-0.05, 0) is 19.1 Å². The SMILES string of the molecule is CC(=O)NCc1ccc(C)nn1. The first kappa shape index (κ1) is 8.64. The molecule has 0 aliphatic heterocycles.